The second-order valence-corrected chi connectivity index (χ2v) is 5.44. The van der Waals surface area contributed by atoms with E-state index in [4.69, 9.17) is 9.47 Å². The number of aromatic nitrogens is 2. The Morgan fingerprint density at radius 2 is 1.96 bits per heavy atom. The first kappa shape index (κ1) is 18.5. The van der Waals surface area contributed by atoms with E-state index in [1.165, 1.54) is 6.33 Å². The highest BCUT2D eigenvalue weighted by Crippen LogP contribution is 2.30. The van der Waals surface area contributed by atoms with Crippen molar-refractivity contribution in [2.45, 2.75) is 26.2 Å². The van der Waals surface area contributed by atoms with E-state index in [2.05, 4.69) is 27.5 Å². The SMILES string of the molecule is CCCCCNC(=O)c1cc(Nc2ccc(OC)cc2OC)ncn1. The van der Waals surface area contributed by atoms with Gasteiger partial charge in [0.25, 0.3) is 5.91 Å². The first-order valence-corrected chi connectivity index (χ1v) is 8.27. The van der Waals surface area contributed by atoms with Crippen LogP contribution in [0, 0.1) is 0 Å². The number of rotatable bonds is 9. The van der Waals surface area contributed by atoms with E-state index in [-0.39, 0.29) is 5.91 Å². The van der Waals surface area contributed by atoms with Crippen molar-refractivity contribution in [3.8, 4) is 11.5 Å². The third-order valence-corrected chi connectivity index (χ3v) is 3.64. The van der Waals surface area contributed by atoms with E-state index in [0.717, 1.165) is 24.9 Å². The smallest absolute Gasteiger partial charge is 0.270 e. The van der Waals surface area contributed by atoms with Crippen LogP contribution in [0.1, 0.15) is 36.7 Å². The van der Waals surface area contributed by atoms with Crippen LogP contribution in [0.4, 0.5) is 11.5 Å². The van der Waals surface area contributed by atoms with Gasteiger partial charge >= 0.3 is 0 Å². The van der Waals surface area contributed by atoms with Gasteiger partial charge in [-0.2, -0.15) is 0 Å². The van der Waals surface area contributed by atoms with Gasteiger partial charge in [0, 0.05) is 18.7 Å². The number of nitrogens with one attached hydrogen (secondary N) is 2. The number of carbonyl (C=O) groups is 1. The summed E-state index contributed by atoms with van der Waals surface area (Å²) in [6.07, 6.45) is 4.52. The second-order valence-electron chi connectivity index (χ2n) is 5.44. The number of hydrogen-bond donors (Lipinski definition) is 2. The summed E-state index contributed by atoms with van der Waals surface area (Å²) in [5.41, 5.74) is 1.04. The van der Waals surface area contributed by atoms with Gasteiger partial charge in [-0.25, -0.2) is 9.97 Å². The maximum Gasteiger partial charge on any atom is 0.270 e. The van der Waals surface area contributed by atoms with E-state index in [0.29, 0.717) is 29.6 Å². The van der Waals surface area contributed by atoms with E-state index in [1.807, 2.05) is 12.1 Å². The number of anilines is 2. The van der Waals surface area contributed by atoms with Gasteiger partial charge in [0.1, 0.15) is 29.3 Å². The van der Waals surface area contributed by atoms with Crippen LogP contribution in [0.5, 0.6) is 11.5 Å². The van der Waals surface area contributed by atoms with E-state index >= 15 is 0 Å². The fraction of sp³-hybridized carbons (Fsp3) is 0.389. The van der Waals surface area contributed by atoms with Crippen LogP contribution in [0.15, 0.2) is 30.6 Å². The Hall–Kier alpha value is -2.83. The van der Waals surface area contributed by atoms with Crippen LogP contribution >= 0.6 is 0 Å². The Labute approximate surface area is 147 Å². The summed E-state index contributed by atoms with van der Waals surface area (Å²) in [6, 6.07) is 7.02. The maximum absolute atomic E-state index is 12.1. The third kappa shape index (κ3) is 5.34. The van der Waals surface area contributed by atoms with Gasteiger partial charge in [0.2, 0.25) is 0 Å². The lowest BCUT2D eigenvalue weighted by Crippen LogP contribution is -2.25. The molecule has 7 nitrogen and oxygen atoms in total. The Kier molecular flexibility index (Phi) is 7.00. The second kappa shape index (κ2) is 9.46. The Bertz CT molecular complexity index is 706. The summed E-state index contributed by atoms with van der Waals surface area (Å²) < 4.78 is 10.5. The molecule has 0 bridgehead atoms. The van der Waals surface area contributed by atoms with Crippen LogP contribution in [0.25, 0.3) is 0 Å². The van der Waals surface area contributed by atoms with Crippen molar-refractivity contribution in [2.24, 2.45) is 0 Å². The number of nitrogens with zero attached hydrogens (tertiary/aromatic N) is 2. The van der Waals surface area contributed by atoms with Crippen molar-refractivity contribution in [2.75, 3.05) is 26.1 Å². The van der Waals surface area contributed by atoms with Crippen LogP contribution in [-0.4, -0.2) is 36.6 Å². The molecule has 7 heteroatoms. The number of methoxy groups -OCH3 is 2. The van der Waals surface area contributed by atoms with Crippen LogP contribution < -0.4 is 20.1 Å². The van der Waals surface area contributed by atoms with Crippen molar-refractivity contribution in [1.82, 2.24) is 15.3 Å². The fourth-order valence-corrected chi connectivity index (χ4v) is 2.26. The van der Waals surface area contributed by atoms with Crippen LogP contribution in [0.2, 0.25) is 0 Å². The fourth-order valence-electron chi connectivity index (χ4n) is 2.26. The lowest BCUT2D eigenvalue weighted by molar-refractivity contribution is 0.0948. The van der Waals surface area contributed by atoms with Gasteiger partial charge < -0.3 is 20.1 Å². The summed E-state index contributed by atoms with van der Waals surface area (Å²) in [6.45, 7) is 2.77. The van der Waals surface area contributed by atoms with Gasteiger partial charge in [0.05, 0.1) is 19.9 Å². The normalized spacial score (nSPS) is 10.2. The Morgan fingerprint density at radius 1 is 1.12 bits per heavy atom. The molecule has 2 aromatic rings. The minimum absolute atomic E-state index is 0.205. The summed E-state index contributed by atoms with van der Waals surface area (Å²) in [7, 11) is 3.17. The number of unbranched alkanes of at least 4 members (excludes halogenated alkanes) is 2. The highest BCUT2D eigenvalue weighted by atomic mass is 16.5. The largest absolute Gasteiger partial charge is 0.497 e. The summed E-state index contributed by atoms with van der Waals surface area (Å²) in [4.78, 5) is 20.3. The molecule has 134 valence electrons. The van der Waals surface area contributed by atoms with E-state index < -0.39 is 0 Å². The zero-order valence-corrected chi connectivity index (χ0v) is 14.8. The zero-order chi connectivity index (χ0) is 18.1. The molecule has 0 spiro atoms. The molecule has 1 amide bonds. The molecule has 0 radical (unpaired) electrons. The lowest BCUT2D eigenvalue weighted by Gasteiger charge is -2.12. The topological polar surface area (TPSA) is 85.4 Å². The minimum atomic E-state index is -0.205. The average molecular weight is 344 g/mol. The molecule has 0 aliphatic carbocycles. The molecule has 0 atom stereocenters. The van der Waals surface area contributed by atoms with Crippen molar-refractivity contribution >= 4 is 17.4 Å². The number of carbonyl (C=O) groups excluding carboxylic acids is 1. The zero-order valence-electron chi connectivity index (χ0n) is 14.8. The van der Waals surface area contributed by atoms with Crippen LogP contribution in [-0.2, 0) is 0 Å². The first-order valence-electron chi connectivity index (χ1n) is 8.27. The van der Waals surface area contributed by atoms with Gasteiger partial charge in [-0.05, 0) is 18.6 Å². The molecule has 0 saturated carbocycles. The van der Waals surface area contributed by atoms with E-state index in [1.54, 1.807) is 26.4 Å². The molecule has 0 saturated heterocycles. The average Bonchev–Trinajstić information content (AvgIpc) is 2.65. The number of ether oxygens (including phenoxy) is 2. The highest BCUT2D eigenvalue weighted by Gasteiger charge is 2.10. The Morgan fingerprint density at radius 3 is 2.68 bits per heavy atom. The summed E-state index contributed by atoms with van der Waals surface area (Å²) >= 11 is 0. The molecule has 2 rings (SSSR count). The standard InChI is InChI=1S/C18H24N4O3/c1-4-5-6-9-19-18(23)15-11-17(21-12-20-15)22-14-8-7-13(24-2)10-16(14)25-3/h7-8,10-12H,4-6,9H2,1-3H3,(H,19,23)(H,20,21,22). The van der Waals surface area contributed by atoms with Gasteiger partial charge in [-0.3, -0.25) is 4.79 Å². The number of amides is 1. The summed E-state index contributed by atoms with van der Waals surface area (Å²) in [5, 5.41) is 6.00. The predicted octanol–water partition coefficient (Wildman–Crippen LogP) is 3.16. The lowest BCUT2D eigenvalue weighted by atomic mass is 10.2. The monoisotopic (exact) mass is 344 g/mol. The summed E-state index contributed by atoms with van der Waals surface area (Å²) in [5.74, 6) is 1.61. The van der Waals surface area contributed by atoms with Crippen molar-refractivity contribution < 1.29 is 14.3 Å². The molecule has 0 aliphatic rings. The minimum Gasteiger partial charge on any atom is -0.497 e. The molecule has 2 N–H and O–H groups in total. The molecule has 1 aromatic carbocycles. The maximum atomic E-state index is 12.1. The molecule has 1 aromatic heterocycles. The molecule has 25 heavy (non-hydrogen) atoms. The van der Waals surface area contributed by atoms with Crippen molar-refractivity contribution in [3.63, 3.8) is 0 Å². The quantitative estimate of drug-likeness (QED) is 0.680. The molecular formula is C18H24N4O3. The first-order chi connectivity index (χ1) is 12.2. The molecule has 0 aliphatic heterocycles. The van der Waals surface area contributed by atoms with Gasteiger partial charge in [-0.15, -0.1) is 0 Å². The molecular weight excluding hydrogens is 320 g/mol. The van der Waals surface area contributed by atoms with Gasteiger partial charge in [0.15, 0.2) is 0 Å². The molecule has 0 unspecified atom stereocenters. The Balaban J connectivity index is 2.07. The molecule has 0 fully saturated rings. The number of benzene rings is 1. The van der Waals surface area contributed by atoms with Crippen molar-refractivity contribution in [1.29, 1.82) is 0 Å². The predicted molar refractivity (Wildman–Crippen MR) is 96.7 cm³/mol. The van der Waals surface area contributed by atoms with Crippen molar-refractivity contribution in [3.05, 3.63) is 36.3 Å². The number of hydrogen-bond acceptors (Lipinski definition) is 6. The molecule has 1 heterocycles. The van der Waals surface area contributed by atoms with Gasteiger partial charge in [-0.1, -0.05) is 19.8 Å². The third-order valence-electron chi connectivity index (χ3n) is 3.64. The van der Waals surface area contributed by atoms with Crippen LogP contribution in [0.3, 0.4) is 0 Å². The van der Waals surface area contributed by atoms with E-state index in [9.17, 15) is 4.79 Å². The highest BCUT2D eigenvalue weighted by molar-refractivity contribution is 5.93.